The molecule has 2 aromatic carbocycles. The van der Waals surface area contributed by atoms with Crippen LogP contribution in [0.1, 0.15) is 17.7 Å². The summed E-state index contributed by atoms with van der Waals surface area (Å²) in [6.07, 6.45) is 0.237. The van der Waals surface area contributed by atoms with E-state index in [0.717, 1.165) is 5.56 Å². The third-order valence-electron chi connectivity index (χ3n) is 4.40. The van der Waals surface area contributed by atoms with Gasteiger partial charge >= 0.3 is 0 Å². The summed E-state index contributed by atoms with van der Waals surface area (Å²) >= 11 is 0. The highest BCUT2D eigenvalue weighted by molar-refractivity contribution is 5.76. The molecule has 8 nitrogen and oxygen atoms in total. The van der Waals surface area contributed by atoms with Gasteiger partial charge in [0.05, 0.1) is 0 Å². The number of aryl methyl sites for hydroxylation is 1. The van der Waals surface area contributed by atoms with Gasteiger partial charge in [-0.3, -0.25) is 9.59 Å². The van der Waals surface area contributed by atoms with E-state index in [1.807, 2.05) is 0 Å². The maximum Gasteiger partial charge on any atom is 0.273 e. The predicted octanol–water partition coefficient (Wildman–Crippen LogP) is 1.95. The number of nitrogens with zero attached hydrogens (tertiary/aromatic N) is 2. The van der Waals surface area contributed by atoms with Gasteiger partial charge in [-0.25, -0.2) is 4.39 Å². The molecule has 0 spiro atoms. The minimum absolute atomic E-state index is 0.0856. The third-order valence-corrected chi connectivity index (χ3v) is 4.40. The second kappa shape index (κ2) is 8.09. The highest BCUT2D eigenvalue weighted by Gasteiger charge is 2.15. The molecule has 0 aliphatic carbocycles. The van der Waals surface area contributed by atoms with E-state index < -0.39 is 5.56 Å². The molecular weight excluding hydrogens is 379 g/mol. The Balaban J connectivity index is 1.35. The lowest BCUT2D eigenvalue weighted by Crippen LogP contribution is -2.25. The summed E-state index contributed by atoms with van der Waals surface area (Å²) in [5, 5.41) is 10.7. The Morgan fingerprint density at radius 1 is 1.10 bits per heavy atom. The molecule has 1 aliphatic rings. The normalized spacial score (nSPS) is 12.0. The van der Waals surface area contributed by atoms with Crippen molar-refractivity contribution in [3.63, 3.8) is 0 Å². The highest BCUT2D eigenvalue weighted by atomic mass is 19.1. The molecule has 4 rings (SSSR count). The maximum atomic E-state index is 12.9. The van der Waals surface area contributed by atoms with Gasteiger partial charge in [0.15, 0.2) is 17.3 Å². The van der Waals surface area contributed by atoms with Crippen LogP contribution < -0.4 is 20.3 Å². The molecule has 3 aromatic rings. The first-order valence-corrected chi connectivity index (χ1v) is 8.95. The molecule has 2 N–H and O–H groups in total. The summed E-state index contributed by atoms with van der Waals surface area (Å²) in [6, 6.07) is 11.1. The van der Waals surface area contributed by atoms with Crippen LogP contribution in [0.25, 0.3) is 11.4 Å². The van der Waals surface area contributed by atoms with Crippen molar-refractivity contribution in [3.8, 4) is 22.9 Å². The number of carbonyl (C=O) groups excluding carboxylic acids is 1. The largest absolute Gasteiger partial charge is 0.454 e. The Kier molecular flexibility index (Phi) is 5.19. The van der Waals surface area contributed by atoms with E-state index in [2.05, 4.69) is 20.5 Å². The fourth-order valence-corrected chi connectivity index (χ4v) is 2.82. The summed E-state index contributed by atoms with van der Waals surface area (Å²) in [7, 11) is 0. The molecule has 0 atom stereocenters. The smallest absolute Gasteiger partial charge is 0.273 e. The number of aromatic amines is 1. The first kappa shape index (κ1) is 18.6. The highest BCUT2D eigenvalue weighted by Crippen LogP contribution is 2.34. The van der Waals surface area contributed by atoms with Gasteiger partial charge in [0.2, 0.25) is 12.7 Å². The van der Waals surface area contributed by atoms with Gasteiger partial charge in [0.1, 0.15) is 11.5 Å². The van der Waals surface area contributed by atoms with Crippen LogP contribution in [0.15, 0.2) is 47.3 Å². The summed E-state index contributed by atoms with van der Waals surface area (Å²) in [5.41, 5.74) is 1.19. The molecular formula is C20H17FN4O4. The van der Waals surface area contributed by atoms with Crippen molar-refractivity contribution in [2.45, 2.75) is 19.4 Å². The molecule has 0 bridgehead atoms. The Labute approximate surface area is 164 Å². The van der Waals surface area contributed by atoms with E-state index in [-0.39, 0.29) is 43.6 Å². The van der Waals surface area contributed by atoms with Crippen molar-refractivity contribution in [2.75, 3.05) is 6.79 Å². The monoisotopic (exact) mass is 396 g/mol. The van der Waals surface area contributed by atoms with Gasteiger partial charge in [0.25, 0.3) is 5.56 Å². The summed E-state index contributed by atoms with van der Waals surface area (Å²) in [6.45, 7) is 0.438. The van der Waals surface area contributed by atoms with Crippen LogP contribution in [0.4, 0.5) is 4.39 Å². The standard InChI is InChI=1S/C20H17FN4O4/c21-14-4-1-12(2-5-14)10-22-18(26)8-6-15-20(27)23-19(25-24-15)13-3-7-16-17(9-13)29-11-28-16/h1-5,7,9H,6,8,10-11H2,(H,22,26)(H,23,25,27). The van der Waals surface area contributed by atoms with Crippen molar-refractivity contribution in [3.05, 3.63) is 69.9 Å². The van der Waals surface area contributed by atoms with Crippen molar-refractivity contribution >= 4 is 5.91 Å². The first-order valence-electron chi connectivity index (χ1n) is 8.95. The lowest BCUT2D eigenvalue weighted by atomic mass is 10.2. The number of ether oxygens (including phenoxy) is 2. The summed E-state index contributed by atoms with van der Waals surface area (Å²) < 4.78 is 23.5. The number of fused-ring (bicyclic) bond motifs is 1. The van der Waals surface area contributed by atoms with Crippen LogP contribution in [0, 0.1) is 5.82 Å². The quantitative estimate of drug-likeness (QED) is 0.660. The molecule has 2 heterocycles. The Bertz CT molecular complexity index is 1100. The van der Waals surface area contributed by atoms with Crippen LogP contribution in [0.5, 0.6) is 11.5 Å². The molecule has 0 fully saturated rings. The predicted molar refractivity (Wildman–Crippen MR) is 101 cm³/mol. The Morgan fingerprint density at radius 2 is 1.90 bits per heavy atom. The van der Waals surface area contributed by atoms with E-state index in [1.165, 1.54) is 12.1 Å². The van der Waals surface area contributed by atoms with Crippen LogP contribution in [-0.4, -0.2) is 27.9 Å². The van der Waals surface area contributed by atoms with Crippen molar-refractivity contribution < 1.29 is 18.7 Å². The number of rotatable bonds is 6. The van der Waals surface area contributed by atoms with Crippen molar-refractivity contribution in [2.24, 2.45) is 0 Å². The zero-order chi connectivity index (χ0) is 20.2. The van der Waals surface area contributed by atoms with Crippen molar-refractivity contribution in [1.29, 1.82) is 0 Å². The topological polar surface area (TPSA) is 106 Å². The molecule has 1 amide bonds. The number of nitrogens with one attached hydrogen (secondary N) is 2. The fraction of sp³-hybridized carbons (Fsp3) is 0.200. The third kappa shape index (κ3) is 4.40. The minimum atomic E-state index is -0.404. The van der Waals surface area contributed by atoms with Gasteiger partial charge in [-0.2, -0.15) is 0 Å². The number of H-pyrrole nitrogens is 1. The van der Waals surface area contributed by atoms with Gasteiger partial charge in [-0.15, -0.1) is 10.2 Å². The summed E-state index contributed by atoms with van der Waals surface area (Å²) in [4.78, 5) is 27.0. The second-order valence-corrected chi connectivity index (χ2v) is 6.42. The second-order valence-electron chi connectivity index (χ2n) is 6.42. The summed E-state index contributed by atoms with van der Waals surface area (Å²) in [5.74, 6) is 0.939. The molecule has 29 heavy (non-hydrogen) atoms. The average molecular weight is 396 g/mol. The first-order chi connectivity index (χ1) is 14.1. The lowest BCUT2D eigenvalue weighted by molar-refractivity contribution is -0.121. The molecule has 0 unspecified atom stereocenters. The van der Waals surface area contributed by atoms with E-state index >= 15 is 0 Å². The zero-order valence-electron chi connectivity index (χ0n) is 15.3. The van der Waals surface area contributed by atoms with Crippen LogP contribution in [0.2, 0.25) is 0 Å². The maximum absolute atomic E-state index is 12.9. The molecule has 1 aromatic heterocycles. The molecule has 9 heteroatoms. The van der Waals surface area contributed by atoms with Crippen LogP contribution in [0.3, 0.4) is 0 Å². The van der Waals surface area contributed by atoms with Crippen LogP contribution >= 0.6 is 0 Å². The number of amides is 1. The van der Waals surface area contributed by atoms with E-state index in [4.69, 9.17) is 9.47 Å². The van der Waals surface area contributed by atoms with Gasteiger partial charge in [-0.05, 0) is 35.9 Å². The molecule has 0 saturated carbocycles. The number of hydrogen-bond donors (Lipinski definition) is 2. The number of carbonyl (C=O) groups is 1. The van der Waals surface area contributed by atoms with Crippen molar-refractivity contribution in [1.82, 2.24) is 20.5 Å². The zero-order valence-corrected chi connectivity index (χ0v) is 15.3. The molecule has 1 aliphatic heterocycles. The van der Waals surface area contributed by atoms with E-state index in [0.29, 0.717) is 22.9 Å². The van der Waals surface area contributed by atoms with Crippen LogP contribution in [-0.2, 0) is 17.8 Å². The lowest BCUT2D eigenvalue weighted by Gasteiger charge is -2.06. The van der Waals surface area contributed by atoms with Gasteiger partial charge in [-0.1, -0.05) is 12.1 Å². The average Bonchev–Trinajstić information content (AvgIpc) is 3.20. The fourth-order valence-electron chi connectivity index (χ4n) is 2.82. The molecule has 0 saturated heterocycles. The van der Waals surface area contributed by atoms with E-state index in [9.17, 15) is 14.0 Å². The number of hydrogen-bond acceptors (Lipinski definition) is 6. The Morgan fingerprint density at radius 3 is 2.69 bits per heavy atom. The molecule has 148 valence electrons. The van der Waals surface area contributed by atoms with Gasteiger partial charge in [0, 0.05) is 24.9 Å². The SMILES string of the molecule is O=C(CCc1nnc(-c2ccc3c(c2)OCO3)[nH]c1=O)NCc1ccc(F)cc1. The number of benzene rings is 2. The molecule has 0 radical (unpaired) electrons. The Hall–Kier alpha value is -3.75. The number of aromatic nitrogens is 3. The van der Waals surface area contributed by atoms with E-state index in [1.54, 1.807) is 30.3 Å². The number of halogens is 1. The van der Waals surface area contributed by atoms with Gasteiger partial charge < -0.3 is 19.8 Å². The minimum Gasteiger partial charge on any atom is -0.454 e.